The van der Waals surface area contributed by atoms with Gasteiger partial charge in [-0.3, -0.25) is 0 Å². The summed E-state index contributed by atoms with van der Waals surface area (Å²) in [6, 6.07) is 12.1. The van der Waals surface area contributed by atoms with Crippen molar-refractivity contribution in [3.05, 3.63) is 53.1 Å². The Morgan fingerprint density at radius 1 is 1.08 bits per heavy atom. The van der Waals surface area contributed by atoms with Crippen LogP contribution in [0.1, 0.15) is 30.5 Å². The number of para-hydroxylation sites is 1. The minimum absolute atomic E-state index is 0. The summed E-state index contributed by atoms with van der Waals surface area (Å²) in [7, 11) is 0. The van der Waals surface area contributed by atoms with E-state index in [4.69, 9.17) is 15.2 Å². The molecule has 2 aromatic rings. The van der Waals surface area contributed by atoms with Gasteiger partial charge in [0.25, 0.3) is 0 Å². The standard InChI is InChI=1S/C19H23N3O2.HI/c1-3-14-6-5-7-15(4-2)18(14)22-19(20)21-11-13-8-9-16-17(10-13)24-12-23-16;/h5-10H,3-4,11-12H2,1-2H3,(H3,20,21,22);1H. The number of aliphatic imine (C=N–C) groups is 1. The van der Waals surface area contributed by atoms with E-state index in [0.29, 0.717) is 12.5 Å². The highest BCUT2D eigenvalue weighted by Crippen LogP contribution is 2.32. The van der Waals surface area contributed by atoms with E-state index in [1.165, 1.54) is 11.1 Å². The van der Waals surface area contributed by atoms with Crippen LogP contribution < -0.4 is 20.5 Å². The van der Waals surface area contributed by atoms with E-state index >= 15 is 0 Å². The number of ether oxygens (including phenoxy) is 2. The molecule has 5 nitrogen and oxygen atoms in total. The molecule has 0 atom stereocenters. The molecule has 1 heterocycles. The molecule has 0 bridgehead atoms. The third-order valence-electron chi connectivity index (χ3n) is 4.12. The van der Waals surface area contributed by atoms with Crippen molar-refractivity contribution in [2.45, 2.75) is 33.2 Å². The molecule has 2 aromatic carbocycles. The molecule has 0 aromatic heterocycles. The van der Waals surface area contributed by atoms with Gasteiger partial charge in [-0.05, 0) is 41.7 Å². The lowest BCUT2D eigenvalue weighted by atomic mass is 10.0. The minimum atomic E-state index is 0. The van der Waals surface area contributed by atoms with Gasteiger partial charge in [0.2, 0.25) is 6.79 Å². The largest absolute Gasteiger partial charge is 0.454 e. The molecular formula is C19H24IN3O2. The first-order valence-electron chi connectivity index (χ1n) is 8.27. The van der Waals surface area contributed by atoms with Gasteiger partial charge < -0.3 is 20.5 Å². The third-order valence-corrected chi connectivity index (χ3v) is 4.12. The molecule has 0 spiro atoms. The summed E-state index contributed by atoms with van der Waals surface area (Å²) in [6.45, 7) is 5.05. The van der Waals surface area contributed by atoms with E-state index in [-0.39, 0.29) is 30.8 Å². The quantitative estimate of drug-likeness (QED) is 0.407. The molecular weight excluding hydrogens is 429 g/mol. The molecule has 0 aliphatic carbocycles. The van der Waals surface area contributed by atoms with Gasteiger partial charge in [-0.15, -0.1) is 24.0 Å². The number of nitrogens with zero attached hydrogens (tertiary/aromatic N) is 1. The SMILES string of the molecule is CCc1cccc(CC)c1NC(N)=NCc1ccc2c(c1)OCO2.I. The molecule has 0 saturated carbocycles. The highest BCUT2D eigenvalue weighted by Gasteiger charge is 2.13. The van der Waals surface area contributed by atoms with Crippen molar-refractivity contribution in [1.82, 2.24) is 0 Å². The van der Waals surface area contributed by atoms with Gasteiger partial charge in [-0.2, -0.15) is 0 Å². The molecule has 3 rings (SSSR count). The summed E-state index contributed by atoms with van der Waals surface area (Å²) in [5.74, 6) is 1.96. The Morgan fingerprint density at radius 2 is 1.76 bits per heavy atom. The number of nitrogens with two attached hydrogens (primary N) is 1. The van der Waals surface area contributed by atoms with Crippen molar-refractivity contribution in [1.29, 1.82) is 0 Å². The fraction of sp³-hybridized carbons (Fsp3) is 0.316. The summed E-state index contributed by atoms with van der Waals surface area (Å²) in [4.78, 5) is 4.45. The Hall–Kier alpha value is -1.96. The predicted molar refractivity (Wildman–Crippen MR) is 112 cm³/mol. The van der Waals surface area contributed by atoms with Crippen molar-refractivity contribution < 1.29 is 9.47 Å². The first-order chi connectivity index (χ1) is 11.7. The molecule has 0 unspecified atom stereocenters. The molecule has 25 heavy (non-hydrogen) atoms. The van der Waals surface area contributed by atoms with Crippen molar-refractivity contribution in [3.63, 3.8) is 0 Å². The zero-order valence-corrected chi connectivity index (χ0v) is 16.9. The van der Waals surface area contributed by atoms with Crippen LogP contribution in [0.5, 0.6) is 11.5 Å². The fourth-order valence-corrected chi connectivity index (χ4v) is 2.79. The Balaban J connectivity index is 0.00000225. The number of hydrogen-bond acceptors (Lipinski definition) is 3. The number of halogens is 1. The van der Waals surface area contributed by atoms with Crippen LogP contribution in [-0.2, 0) is 19.4 Å². The second kappa shape index (κ2) is 8.94. The number of anilines is 1. The average molecular weight is 453 g/mol. The number of benzene rings is 2. The third kappa shape index (κ3) is 4.56. The highest BCUT2D eigenvalue weighted by molar-refractivity contribution is 14.0. The molecule has 6 heteroatoms. The van der Waals surface area contributed by atoms with Crippen molar-refractivity contribution in [2.24, 2.45) is 10.7 Å². The fourth-order valence-electron chi connectivity index (χ4n) is 2.79. The molecule has 0 radical (unpaired) electrons. The lowest BCUT2D eigenvalue weighted by molar-refractivity contribution is 0.174. The van der Waals surface area contributed by atoms with Crippen molar-refractivity contribution in [3.8, 4) is 11.5 Å². The first kappa shape index (κ1) is 19.4. The molecule has 0 saturated heterocycles. The Bertz CT molecular complexity index is 740. The van der Waals surface area contributed by atoms with Crippen molar-refractivity contribution >= 4 is 35.6 Å². The van der Waals surface area contributed by atoms with Crippen molar-refractivity contribution in [2.75, 3.05) is 12.1 Å². The van der Waals surface area contributed by atoms with Gasteiger partial charge in [0, 0.05) is 5.69 Å². The predicted octanol–water partition coefficient (Wildman–Crippen LogP) is 4.08. The van der Waals surface area contributed by atoms with Gasteiger partial charge in [0.05, 0.1) is 6.54 Å². The van der Waals surface area contributed by atoms with Crippen LogP contribution in [0.25, 0.3) is 0 Å². The smallest absolute Gasteiger partial charge is 0.231 e. The molecule has 1 aliphatic heterocycles. The summed E-state index contributed by atoms with van der Waals surface area (Å²) in [5, 5.41) is 3.28. The van der Waals surface area contributed by atoms with E-state index in [9.17, 15) is 0 Å². The number of aryl methyl sites for hydroxylation is 2. The summed E-state index contributed by atoms with van der Waals surface area (Å²) in [6.07, 6.45) is 1.90. The zero-order valence-electron chi connectivity index (χ0n) is 14.5. The normalized spacial score (nSPS) is 12.6. The highest BCUT2D eigenvalue weighted by atomic mass is 127. The number of nitrogens with one attached hydrogen (secondary N) is 1. The topological polar surface area (TPSA) is 68.9 Å². The maximum atomic E-state index is 6.10. The Morgan fingerprint density at radius 3 is 2.44 bits per heavy atom. The lowest BCUT2D eigenvalue weighted by Crippen LogP contribution is -2.24. The van der Waals surface area contributed by atoms with Gasteiger partial charge in [0.1, 0.15) is 0 Å². The van der Waals surface area contributed by atoms with E-state index in [1.54, 1.807) is 0 Å². The zero-order chi connectivity index (χ0) is 16.9. The van der Waals surface area contributed by atoms with Crippen LogP contribution in [0.2, 0.25) is 0 Å². The second-order valence-electron chi connectivity index (χ2n) is 5.67. The average Bonchev–Trinajstić information content (AvgIpc) is 3.07. The minimum Gasteiger partial charge on any atom is -0.454 e. The molecule has 134 valence electrons. The van der Waals surface area contributed by atoms with Crippen LogP contribution in [0, 0.1) is 0 Å². The van der Waals surface area contributed by atoms with Gasteiger partial charge >= 0.3 is 0 Å². The molecule has 1 aliphatic rings. The van der Waals surface area contributed by atoms with Gasteiger partial charge in [-0.1, -0.05) is 38.1 Å². The van der Waals surface area contributed by atoms with Crippen LogP contribution in [0.4, 0.5) is 5.69 Å². The van der Waals surface area contributed by atoms with E-state index in [2.05, 4.69) is 42.4 Å². The number of guanidine groups is 1. The summed E-state index contributed by atoms with van der Waals surface area (Å²) < 4.78 is 10.7. The van der Waals surface area contributed by atoms with Crippen LogP contribution >= 0.6 is 24.0 Å². The maximum Gasteiger partial charge on any atom is 0.231 e. The van der Waals surface area contributed by atoms with E-state index in [1.807, 2.05) is 18.2 Å². The van der Waals surface area contributed by atoms with E-state index in [0.717, 1.165) is 35.6 Å². The second-order valence-corrected chi connectivity index (χ2v) is 5.67. The van der Waals surface area contributed by atoms with E-state index < -0.39 is 0 Å². The number of rotatable bonds is 5. The summed E-state index contributed by atoms with van der Waals surface area (Å²) >= 11 is 0. The number of fused-ring (bicyclic) bond motifs is 1. The lowest BCUT2D eigenvalue weighted by Gasteiger charge is -2.14. The molecule has 3 N–H and O–H groups in total. The molecule has 0 fully saturated rings. The Kier molecular flexibility index (Phi) is 6.92. The Labute approximate surface area is 165 Å². The summed E-state index contributed by atoms with van der Waals surface area (Å²) in [5.41, 5.74) is 10.7. The van der Waals surface area contributed by atoms with Crippen LogP contribution in [0.15, 0.2) is 41.4 Å². The van der Waals surface area contributed by atoms with Gasteiger partial charge in [0.15, 0.2) is 17.5 Å². The number of hydrogen-bond donors (Lipinski definition) is 2. The van der Waals surface area contributed by atoms with Crippen LogP contribution in [0.3, 0.4) is 0 Å². The maximum absolute atomic E-state index is 6.10. The van der Waals surface area contributed by atoms with Gasteiger partial charge in [-0.25, -0.2) is 4.99 Å². The van der Waals surface area contributed by atoms with Crippen LogP contribution in [-0.4, -0.2) is 12.8 Å². The monoisotopic (exact) mass is 453 g/mol. The first-order valence-corrected chi connectivity index (χ1v) is 8.27. The molecule has 0 amide bonds.